The maximum atomic E-state index is 6.00. The van der Waals surface area contributed by atoms with Crippen molar-refractivity contribution in [2.75, 3.05) is 6.61 Å². The number of ether oxygens (including phenoxy) is 2. The van der Waals surface area contributed by atoms with E-state index in [2.05, 4.69) is 19.3 Å². The highest BCUT2D eigenvalue weighted by atomic mass is 16.6. The SMILES string of the molecule is CCCC(C)CC(NN)C1COc2ccccc2O1. The smallest absolute Gasteiger partial charge is 0.161 e. The molecule has 4 nitrogen and oxygen atoms in total. The predicted molar refractivity (Wildman–Crippen MR) is 76.2 cm³/mol. The lowest BCUT2D eigenvalue weighted by Gasteiger charge is -2.33. The maximum absolute atomic E-state index is 6.00. The Labute approximate surface area is 115 Å². The third kappa shape index (κ3) is 3.61. The first-order valence-electron chi connectivity index (χ1n) is 7.09. The van der Waals surface area contributed by atoms with Gasteiger partial charge in [0.1, 0.15) is 12.7 Å². The highest BCUT2D eigenvalue weighted by Crippen LogP contribution is 2.32. The van der Waals surface area contributed by atoms with Crippen molar-refractivity contribution in [2.24, 2.45) is 11.8 Å². The van der Waals surface area contributed by atoms with Gasteiger partial charge >= 0.3 is 0 Å². The minimum absolute atomic E-state index is 0.0285. The molecule has 1 aliphatic heterocycles. The van der Waals surface area contributed by atoms with E-state index in [0.29, 0.717) is 12.5 Å². The van der Waals surface area contributed by atoms with Gasteiger partial charge in [0.15, 0.2) is 11.5 Å². The molecule has 3 atom stereocenters. The fraction of sp³-hybridized carbons (Fsp3) is 0.600. The van der Waals surface area contributed by atoms with E-state index in [1.165, 1.54) is 12.8 Å². The number of hydrogen-bond donors (Lipinski definition) is 2. The Hall–Kier alpha value is -1.26. The molecule has 1 aromatic rings. The Morgan fingerprint density at radius 3 is 2.79 bits per heavy atom. The van der Waals surface area contributed by atoms with Crippen molar-refractivity contribution in [3.05, 3.63) is 24.3 Å². The number of fused-ring (bicyclic) bond motifs is 1. The van der Waals surface area contributed by atoms with Gasteiger partial charge in [0.25, 0.3) is 0 Å². The van der Waals surface area contributed by atoms with Crippen molar-refractivity contribution >= 4 is 0 Å². The molecule has 4 heteroatoms. The third-order valence-corrected chi connectivity index (χ3v) is 3.63. The summed E-state index contributed by atoms with van der Waals surface area (Å²) in [4.78, 5) is 0. The first-order chi connectivity index (χ1) is 9.24. The first-order valence-corrected chi connectivity index (χ1v) is 7.09. The summed E-state index contributed by atoms with van der Waals surface area (Å²) in [6, 6.07) is 7.88. The Morgan fingerprint density at radius 1 is 1.37 bits per heavy atom. The van der Waals surface area contributed by atoms with E-state index in [1.807, 2.05) is 24.3 Å². The molecule has 0 amide bonds. The van der Waals surface area contributed by atoms with Gasteiger partial charge in [-0.1, -0.05) is 38.8 Å². The van der Waals surface area contributed by atoms with Crippen LogP contribution in [-0.4, -0.2) is 18.8 Å². The van der Waals surface area contributed by atoms with E-state index in [4.69, 9.17) is 15.3 Å². The second kappa shape index (κ2) is 6.78. The average Bonchev–Trinajstić information content (AvgIpc) is 2.44. The van der Waals surface area contributed by atoms with Crippen LogP contribution in [0.3, 0.4) is 0 Å². The first kappa shape index (κ1) is 14.2. The summed E-state index contributed by atoms with van der Waals surface area (Å²) in [5.41, 5.74) is 2.89. The van der Waals surface area contributed by atoms with Gasteiger partial charge in [-0.05, 0) is 24.5 Å². The normalized spacial score (nSPS) is 20.9. The van der Waals surface area contributed by atoms with Crippen LogP contribution >= 0.6 is 0 Å². The zero-order valence-electron chi connectivity index (χ0n) is 11.8. The molecule has 0 spiro atoms. The molecule has 3 unspecified atom stereocenters. The summed E-state index contributed by atoms with van der Waals surface area (Å²) in [5.74, 6) is 7.94. The van der Waals surface area contributed by atoms with E-state index >= 15 is 0 Å². The molecule has 0 saturated carbocycles. The van der Waals surface area contributed by atoms with Crippen molar-refractivity contribution in [2.45, 2.75) is 45.3 Å². The molecular weight excluding hydrogens is 240 g/mol. The zero-order valence-corrected chi connectivity index (χ0v) is 11.8. The molecule has 0 radical (unpaired) electrons. The molecule has 19 heavy (non-hydrogen) atoms. The van der Waals surface area contributed by atoms with Crippen LogP contribution < -0.4 is 20.7 Å². The van der Waals surface area contributed by atoms with Gasteiger partial charge in [0.05, 0.1) is 6.04 Å². The highest BCUT2D eigenvalue weighted by molar-refractivity contribution is 5.40. The van der Waals surface area contributed by atoms with Gasteiger partial charge in [-0.15, -0.1) is 0 Å². The molecule has 106 valence electrons. The Balaban J connectivity index is 1.97. The second-order valence-corrected chi connectivity index (χ2v) is 5.32. The van der Waals surface area contributed by atoms with Gasteiger partial charge in [-0.25, -0.2) is 0 Å². The molecule has 1 aliphatic rings. The van der Waals surface area contributed by atoms with Gasteiger partial charge in [0, 0.05) is 0 Å². The van der Waals surface area contributed by atoms with E-state index < -0.39 is 0 Å². The second-order valence-electron chi connectivity index (χ2n) is 5.32. The zero-order chi connectivity index (χ0) is 13.7. The van der Waals surface area contributed by atoms with Gasteiger partial charge in [-0.3, -0.25) is 11.3 Å². The number of benzene rings is 1. The number of nitrogens with two attached hydrogens (primary N) is 1. The van der Waals surface area contributed by atoms with Crippen LogP contribution in [0.1, 0.15) is 33.1 Å². The predicted octanol–water partition coefficient (Wildman–Crippen LogP) is 2.48. The fourth-order valence-corrected chi connectivity index (χ4v) is 2.61. The van der Waals surface area contributed by atoms with E-state index in [-0.39, 0.29) is 12.1 Å². The standard InChI is InChI=1S/C15H24N2O2/c1-3-6-11(2)9-12(17-16)15-10-18-13-7-4-5-8-14(13)19-15/h4-5,7-8,11-12,15,17H,3,6,9-10,16H2,1-2H3. The van der Waals surface area contributed by atoms with Crippen molar-refractivity contribution in [3.8, 4) is 11.5 Å². The monoisotopic (exact) mass is 264 g/mol. The largest absolute Gasteiger partial charge is 0.486 e. The minimum atomic E-state index is -0.0285. The summed E-state index contributed by atoms with van der Waals surface area (Å²) in [6.45, 7) is 5.01. The molecule has 0 saturated heterocycles. The lowest BCUT2D eigenvalue weighted by molar-refractivity contribution is 0.0548. The summed E-state index contributed by atoms with van der Waals surface area (Å²) in [7, 11) is 0. The van der Waals surface area contributed by atoms with Crippen molar-refractivity contribution in [1.82, 2.24) is 5.43 Å². The van der Waals surface area contributed by atoms with Gasteiger partial charge < -0.3 is 9.47 Å². The maximum Gasteiger partial charge on any atom is 0.161 e. The molecule has 1 heterocycles. The Bertz CT molecular complexity index is 397. The van der Waals surface area contributed by atoms with Gasteiger partial charge in [-0.2, -0.15) is 0 Å². The van der Waals surface area contributed by atoms with Crippen LogP contribution in [0.5, 0.6) is 11.5 Å². The van der Waals surface area contributed by atoms with Crippen LogP contribution in [0.2, 0.25) is 0 Å². The van der Waals surface area contributed by atoms with Crippen LogP contribution in [0, 0.1) is 5.92 Å². The molecule has 3 N–H and O–H groups in total. The molecule has 0 aliphatic carbocycles. The molecular formula is C15H24N2O2. The topological polar surface area (TPSA) is 56.5 Å². The summed E-state index contributed by atoms with van der Waals surface area (Å²) in [6.07, 6.45) is 3.38. The number of hydrogen-bond acceptors (Lipinski definition) is 4. The molecule has 0 fully saturated rings. The van der Waals surface area contributed by atoms with Crippen molar-refractivity contribution < 1.29 is 9.47 Å². The number of para-hydroxylation sites is 2. The summed E-state index contributed by atoms with van der Waals surface area (Å²) in [5, 5.41) is 0. The average molecular weight is 264 g/mol. The van der Waals surface area contributed by atoms with Crippen molar-refractivity contribution in [1.29, 1.82) is 0 Å². The quantitative estimate of drug-likeness (QED) is 0.612. The van der Waals surface area contributed by atoms with Crippen LogP contribution in [0.15, 0.2) is 24.3 Å². The van der Waals surface area contributed by atoms with E-state index in [0.717, 1.165) is 17.9 Å². The summed E-state index contributed by atoms with van der Waals surface area (Å²) < 4.78 is 11.7. The lowest BCUT2D eigenvalue weighted by Crippen LogP contribution is -2.51. The molecule has 0 aromatic heterocycles. The van der Waals surface area contributed by atoms with Gasteiger partial charge in [0.2, 0.25) is 0 Å². The molecule has 1 aromatic carbocycles. The van der Waals surface area contributed by atoms with Crippen LogP contribution in [0.4, 0.5) is 0 Å². The number of hydrazine groups is 1. The molecule has 2 rings (SSSR count). The Morgan fingerprint density at radius 2 is 2.11 bits per heavy atom. The lowest BCUT2D eigenvalue weighted by atomic mass is 9.94. The number of rotatable bonds is 6. The van der Waals surface area contributed by atoms with Crippen LogP contribution in [-0.2, 0) is 0 Å². The fourth-order valence-electron chi connectivity index (χ4n) is 2.61. The summed E-state index contributed by atoms with van der Waals surface area (Å²) >= 11 is 0. The van der Waals surface area contributed by atoms with E-state index in [1.54, 1.807) is 0 Å². The Kier molecular flexibility index (Phi) is 5.05. The highest BCUT2D eigenvalue weighted by Gasteiger charge is 2.29. The minimum Gasteiger partial charge on any atom is -0.486 e. The molecule has 0 bridgehead atoms. The van der Waals surface area contributed by atoms with Crippen molar-refractivity contribution in [3.63, 3.8) is 0 Å². The third-order valence-electron chi connectivity index (χ3n) is 3.63. The van der Waals surface area contributed by atoms with Crippen LogP contribution in [0.25, 0.3) is 0 Å². The van der Waals surface area contributed by atoms with E-state index in [9.17, 15) is 0 Å². The number of nitrogens with one attached hydrogen (secondary N) is 1.